The molecule has 1 aliphatic carbocycles. The summed E-state index contributed by atoms with van der Waals surface area (Å²) >= 11 is 0. The quantitative estimate of drug-likeness (QED) is 0.283. The number of benzene rings is 2. The molecule has 0 aliphatic heterocycles. The largest absolute Gasteiger partial charge is 0.495 e. The van der Waals surface area contributed by atoms with E-state index in [1.165, 1.54) is 25.3 Å². The number of hydrogen-bond acceptors (Lipinski definition) is 6. The van der Waals surface area contributed by atoms with E-state index in [-0.39, 0.29) is 35.3 Å². The van der Waals surface area contributed by atoms with Crippen molar-refractivity contribution in [1.29, 1.82) is 0 Å². The van der Waals surface area contributed by atoms with E-state index in [0.717, 1.165) is 10.8 Å². The van der Waals surface area contributed by atoms with E-state index in [4.69, 9.17) is 10.5 Å². The van der Waals surface area contributed by atoms with Gasteiger partial charge in [0.25, 0.3) is 0 Å². The van der Waals surface area contributed by atoms with Crippen molar-refractivity contribution < 1.29 is 30.7 Å². The lowest BCUT2D eigenvalue weighted by molar-refractivity contribution is -0.140. The highest BCUT2D eigenvalue weighted by Crippen LogP contribution is 2.33. The molecule has 7 nitrogen and oxygen atoms in total. The smallest absolute Gasteiger partial charge is 0.406 e. The number of nitrogens with two attached hydrogens (primary N) is 1. The number of nitrogens with one attached hydrogen (secondary N) is 2. The summed E-state index contributed by atoms with van der Waals surface area (Å²) in [7, 11) is -2.03. The van der Waals surface area contributed by atoms with E-state index in [1.807, 2.05) is 0 Å². The lowest BCUT2D eigenvalue weighted by Crippen LogP contribution is -2.41. The second-order valence-corrected chi connectivity index (χ2v) is 11.6. The van der Waals surface area contributed by atoms with E-state index in [1.54, 1.807) is 24.3 Å². The molecule has 0 saturated heterocycles. The van der Waals surface area contributed by atoms with Gasteiger partial charge < -0.3 is 25.7 Å². The minimum atomic E-state index is -4.48. The number of sulfone groups is 1. The zero-order chi connectivity index (χ0) is 28.4. The van der Waals surface area contributed by atoms with Crippen LogP contribution in [0.25, 0.3) is 10.9 Å². The van der Waals surface area contributed by atoms with Crippen LogP contribution in [0.4, 0.5) is 28.9 Å². The molecule has 1 aromatic heterocycles. The Bertz CT molecular complexity index is 1510. The van der Waals surface area contributed by atoms with Crippen molar-refractivity contribution in [2.24, 2.45) is 5.73 Å². The number of fused-ring (bicyclic) bond motifs is 1. The van der Waals surface area contributed by atoms with Crippen molar-refractivity contribution in [3.63, 3.8) is 0 Å². The molecule has 210 valence electrons. The summed E-state index contributed by atoms with van der Waals surface area (Å²) in [6, 6.07) is 10.1. The summed E-state index contributed by atoms with van der Waals surface area (Å²) in [4.78, 5) is 0.0900. The van der Waals surface area contributed by atoms with Gasteiger partial charge in [0, 0.05) is 29.4 Å². The van der Waals surface area contributed by atoms with Gasteiger partial charge in [0.2, 0.25) is 0 Å². The Morgan fingerprint density at radius 2 is 1.92 bits per heavy atom. The lowest BCUT2D eigenvalue weighted by atomic mass is 9.90. The van der Waals surface area contributed by atoms with Crippen LogP contribution in [-0.4, -0.2) is 57.3 Å². The van der Waals surface area contributed by atoms with Crippen LogP contribution in [-0.2, 0) is 16.4 Å². The molecule has 4 rings (SSSR count). The number of rotatable bonds is 7. The zero-order valence-corrected chi connectivity index (χ0v) is 22.3. The highest BCUT2D eigenvalue weighted by Gasteiger charge is 2.31. The maximum absolute atomic E-state index is 14.6. The van der Waals surface area contributed by atoms with Crippen LogP contribution in [0, 0.1) is 11.8 Å². The molecule has 12 heteroatoms. The summed E-state index contributed by atoms with van der Waals surface area (Å²) in [5, 5.41) is 6.68. The third-order valence-electron chi connectivity index (χ3n) is 6.62. The van der Waals surface area contributed by atoms with Crippen LogP contribution < -0.4 is 21.1 Å². The van der Waals surface area contributed by atoms with Gasteiger partial charge in [0.15, 0.2) is 9.84 Å². The minimum absolute atomic E-state index is 0.0547. The first-order chi connectivity index (χ1) is 18.4. The van der Waals surface area contributed by atoms with Gasteiger partial charge in [0.1, 0.15) is 18.5 Å². The van der Waals surface area contributed by atoms with Gasteiger partial charge in [-0.1, -0.05) is 12.0 Å². The van der Waals surface area contributed by atoms with Crippen LogP contribution in [0.2, 0.25) is 0 Å². The van der Waals surface area contributed by atoms with Gasteiger partial charge in [-0.05, 0) is 55.5 Å². The van der Waals surface area contributed by atoms with E-state index in [9.17, 15) is 26.0 Å². The van der Waals surface area contributed by atoms with Gasteiger partial charge in [-0.3, -0.25) is 0 Å². The Morgan fingerprint density at radius 3 is 2.59 bits per heavy atom. The van der Waals surface area contributed by atoms with E-state index in [0.29, 0.717) is 35.1 Å². The van der Waals surface area contributed by atoms with Gasteiger partial charge in [-0.25, -0.2) is 12.8 Å². The van der Waals surface area contributed by atoms with Crippen molar-refractivity contribution in [3.05, 3.63) is 48.2 Å². The fourth-order valence-electron chi connectivity index (χ4n) is 4.69. The number of nitrogens with zero attached hydrogens (tertiary/aromatic N) is 1. The molecule has 1 saturated carbocycles. The molecule has 0 spiro atoms. The molecule has 0 bridgehead atoms. The van der Waals surface area contributed by atoms with Crippen molar-refractivity contribution in [2.45, 2.75) is 55.1 Å². The predicted molar refractivity (Wildman–Crippen MR) is 144 cm³/mol. The Morgan fingerprint density at radius 1 is 1.15 bits per heavy atom. The highest BCUT2D eigenvalue weighted by molar-refractivity contribution is 7.90. The van der Waals surface area contributed by atoms with Crippen molar-refractivity contribution >= 4 is 32.1 Å². The summed E-state index contributed by atoms with van der Waals surface area (Å²) in [5.41, 5.74) is 7.36. The topological polar surface area (TPSA) is 98.4 Å². The molecule has 4 N–H and O–H groups in total. The number of halogens is 4. The molecule has 39 heavy (non-hydrogen) atoms. The molecule has 3 unspecified atom stereocenters. The molecule has 1 fully saturated rings. The fourth-order valence-corrected chi connectivity index (χ4v) is 5.33. The van der Waals surface area contributed by atoms with E-state index < -0.39 is 34.8 Å². The highest BCUT2D eigenvalue weighted by atomic mass is 32.2. The van der Waals surface area contributed by atoms with E-state index in [2.05, 4.69) is 22.5 Å². The number of aromatic nitrogens is 1. The molecule has 2 aromatic carbocycles. The summed E-state index contributed by atoms with van der Waals surface area (Å²) in [5.74, 6) is 5.93. The normalized spacial score (nSPS) is 19.8. The monoisotopic (exact) mass is 566 g/mol. The first-order valence-electron chi connectivity index (χ1n) is 12.3. The second-order valence-electron chi connectivity index (χ2n) is 9.60. The third kappa shape index (κ3) is 6.96. The van der Waals surface area contributed by atoms with Crippen molar-refractivity contribution in [1.82, 2.24) is 4.57 Å². The molecular weight excluding hydrogens is 536 g/mol. The number of ether oxygens (including phenoxy) is 1. The average Bonchev–Trinajstić information content (AvgIpc) is 3.19. The van der Waals surface area contributed by atoms with Gasteiger partial charge in [-0.2, -0.15) is 13.2 Å². The first kappa shape index (κ1) is 28.6. The third-order valence-corrected chi connectivity index (χ3v) is 7.73. The summed E-state index contributed by atoms with van der Waals surface area (Å²) in [6.07, 6.45) is -3.14. The molecular formula is C27H30F4N4O3S. The van der Waals surface area contributed by atoms with Crippen LogP contribution in [0.5, 0.6) is 5.75 Å². The minimum Gasteiger partial charge on any atom is -0.495 e. The van der Waals surface area contributed by atoms with Crippen LogP contribution in [0.15, 0.2) is 47.4 Å². The Kier molecular flexibility index (Phi) is 8.32. The van der Waals surface area contributed by atoms with E-state index >= 15 is 0 Å². The average molecular weight is 567 g/mol. The van der Waals surface area contributed by atoms with Crippen molar-refractivity contribution in [2.75, 3.05) is 30.5 Å². The van der Waals surface area contributed by atoms with Crippen molar-refractivity contribution in [3.8, 4) is 17.6 Å². The van der Waals surface area contributed by atoms with Crippen LogP contribution >= 0.6 is 0 Å². The molecule has 1 heterocycles. The lowest BCUT2D eigenvalue weighted by Gasteiger charge is -2.31. The Labute approximate surface area is 224 Å². The Hall–Kier alpha value is -3.43. The van der Waals surface area contributed by atoms with Crippen LogP contribution in [0.3, 0.4) is 0 Å². The number of hydrogen-bond donors (Lipinski definition) is 3. The molecule has 3 atom stereocenters. The standard InChI is InChI=1S/C27H30F4N4O3S/c1-38-26-15-19(39(2,36)37)9-11-24(26)33-12-4-5-18-14-20-22(34-23-10-8-17(32)13-21(23)28)6-3-7-25(20)35(18)16-27(29,30)31/h3,6-7,9,11,14-15,17,21,23,33-34H,8,10,12-13,16,32H2,1-2H3. The van der Waals surface area contributed by atoms with Gasteiger partial charge in [-0.15, -0.1) is 0 Å². The molecule has 1 aliphatic rings. The number of alkyl halides is 4. The zero-order valence-electron chi connectivity index (χ0n) is 21.5. The first-order valence-corrected chi connectivity index (χ1v) is 14.2. The molecule has 3 aromatic rings. The predicted octanol–water partition coefficient (Wildman–Crippen LogP) is 4.71. The summed E-state index contributed by atoms with van der Waals surface area (Å²) < 4.78 is 85.0. The fraction of sp³-hybridized carbons (Fsp3) is 0.407. The maximum atomic E-state index is 14.6. The SMILES string of the molecule is COc1cc(S(C)(=O)=O)ccc1NCC#Cc1cc2c(NC3CCC(N)CC3F)cccc2n1CC(F)(F)F. The second kappa shape index (κ2) is 11.4. The number of methoxy groups -OCH3 is 1. The number of anilines is 2. The maximum Gasteiger partial charge on any atom is 0.406 e. The molecule has 0 amide bonds. The summed E-state index contributed by atoms with van der Waals surface area (Å²) in [6.45, 7) is -1.18. The molecule has 0 radical (unpaired) electrons. The van der Waals surface area contributed by atoms with Gasteiger partial charge >= 0.3 is 6.18 Å². The van der Waals surface area contributed by atoms with Crippen LogP contribution in [0.1, 0.15) is 25.0 Å². The van der Waals surface area contributed by atoms with Gasteiger partial charge in [0.05, 0.1) is 41.5 Å². The Balaban J connectivity index is 1.61.